The zero-order chi connectivity index (χ0) is 13.4. The zero-order valence-corrected chi connectivity index (χ0v) is 11.8. The molecule has 0 unspecified atom stereocenters. The first-order valence-corrected chi connectivity index (χ1v) is 6.25. The number of imidazole rings is 1. The summed E-state index contributed by atoms with van der Waals surface area (Å²) < 4.78 is 5.05. The molecule has 0 aliphatic heterocycles. The van der Waals surface area contributed by atoms with Gasteiger partial charge in [-0.2, -0.15) is 5.10 Å². The molecule has 98 valence electrons. The molecule has 0 aromatic carbocycles. The maximum Gasteiger partial charge on any atom is 0.328 e. The molecule has 0 N–H and O–H groups in total. The minimum atomic E-state index is -0.0279. The number of hydrogen-bond acceptors (Lipinski definition) is 2. The van der Waals surface area contributed by atoms with Gasteiger partial charge in [-0.25, -0.2) is 4.79 Å². The van der Waals surface area contributed by atoms with Gasteiger partial charge < -0.3 is 0 Å². The Labute approximate surface area is 111 Å². The molecule has 0 saturated heterocycles. The molecule has 6 heteroatoms. The van der Waals surface area contributed by atoms with Crippen LogP contribution in [-0.2, 0) is 13.6 Å². The average molecular weight is 269 g/mol. The molecule has 0 aliphatic rings. The molecular weight excluding hydrogens is 252 g/mol. The van der Waals surface area contributed by atoms with Crippen LogP contribution in [0.1, 0.15) is 31.3 Å². The zero-order valence-electron chi connectivity index (χ0n) is 11.0. The van der Waals surface area contributed by atoms with Crippen molar-refractivity contribution in [3.63, 3.8) is 0 Å². The molecule has 0 fully saturated rings. The van der Waals surface area contributed by atoms with Gasteiger partial charge in [0.15, 0.2) is 0 Å². The highest BCUT2D eigenvalue weighted by Gasteiger charge is 2.13. The largest absolute Gasteiger partial charge is 0.328 e. The van der Waals surface area contributed by atoms with Crippen LogP contribution in [-0.4, -0.2) is 18.9 Å². The minimum Gasteiger partial charge on any atom is -0.297 e. The van der Waals surface area contributed by atoms with Gasteiger partial charge >= 0.3 is 5.69 Å². The molecular formula is C12H17ClN4O. The second-order valence-electron chi connectivity index (χ2n) is 4.68. The summed E-state index contributed by atoms with van der Waals surface area (Å²) in [5, 5.41) is 4.87. The Morgan fingerprint density at radius 1 is 1.39 bits per heavy atom. The average Bonchev–Trinajstić information content (AvgIpc) is 2.76. The number of halogens is 1. The van der Waals surface area contributed by atoms with Crippen molar-refractivity contribution >= 4 is 11.6 Å². The Hall–Kier alpha value is -1.49. The predicted molar refractivity (Wildman–Crippen MR) is 71.1 cm³/mol. The number of nitrogens with zero attached hydrogens (tertiary/aromatic N) is 4. The lowest BCUT2D eigenvalue weighted by Crippen LogP contribution is -2.26. The van der Waals surface area contributed by atoms with Gasteiger partial charge in [0, 0.05) is 25.5 Å². The molecule has 2 rings (SSSR count). The van der Waals surface area contributed by atoms with Gasteiger partial charge in [0.1, 0.15) is 0 Å². The van der Waals surface area contributed by atoms with Gasteiger partial charge in [-0.1, -0.05) is 11.6 Å². The third-order valence-electron chi connectivity index (χ3n) is 3.01. The van der Waals surface area contributed by atoms with E-state index in [-0.39, 0.29) is 11.7 Å². The summed E-state index contributed by atoms with van der Waals surface area (Å²) in [6.45, 7) is 6.25. The fraction of sp³-hybridized carbons (Fsp3) is 0.500. The van der Waals surface area contributed by atoms with E-state index in [4.69, 9.17) is 11.6 Å². The Kier molecular flexibility index (Phi) is 3.34. The van der Waals surface area contributed by atoms with Crippen molar-refractivity contribution in [3.05, 3.63) is 39.3 Å². The van der Waals surface area contributed by atoms with E-state index in [0.29, 0.717) is 11.6 Å². The lowest BCUT2D eigenvalue weighted by atomic mass is 10.3. The first-order chi connectivity index (χ1) is 8.41. The number of aromatic nitrogens is 4. The van der Waals surface area contributed by atoms with Crippen molar-refractivity contribution in [2.45, 2.75) is 33.4 Å². The van der Waals surface area contributed by atoms with Crippen LogP contribution in [0.15, 0.2) is 17.2 Å². The first kappa shape index (κ1) is 13.0. The predicted octanol–water partition coefficient (Wildman–Crippen LogP) is 1.97. The third kappa shape index (κ3) is 2.10. The second-order valence-corrected chi connectivity index (χ2v) is 5.06. The van der Waals surface area contributed by atoms with Crippen LogP contribution in [0, 0.1) is 6.92 Å². The Morgan fingerprint density at radius 2 is 2.06 bits per heavy atom. The highest BCUT2D eigenvalue weighted by atomic mass is 35.5. The van der Waals surface area contributed by atoms with Gasteiger partial charge in [0.05, 0.1) is 23.0 Å². The lowest BCUT2D eigenvalue weighted by Gasteiger charge is -2.05. The monoisotopic (exact) mass is 268 g/mol. The van der Waals surface area contributed by atoms with Crippen molar-refractivity contribution in [2.75, 3.05) is 0 Å². The summed E-state index contributed by atoms with van der Waals surface area (Å²) in [4.78, 5) is 12.1. The van der Waals surface area contributed by atoms with Gasteiger partial charge in [-0.15, -0.1) is 0 Å². The van der Waals surface area contributed by atoms with Crippen LogP contribution < -0.4 is 5.69 Å². The van der Waals surface area contributed by atoms with Crippen LogP contribution in [0.2, 0.25) is 5.02 Å². The fourth-order valence-electron chi connectivity index (χ4n) is 1.95. The van der Waals surface area contributed by atoms with Gasteiger partial charge in [0.2, 0.25) is 0 Å². The smallest absolute Gasteiger partial charge is 0.297 e. The molecule has 18 heavy (non-hydrogen) atoms. The molecule has 0 radical (unpaired) electrons. The molecule has 0 bridgehead atoms. The van der Waals surface area contributed by atoms with E-state index in [1.807, 2.05) is 27.8 Å². The van der Waals surface area contributed by atoms with E-state index in [1.165, 1.54) is 0 Å². The topological polar surface area (TPSA) is 44.8 Å². The van der Waals surface area contributed by atoms with Crippen molar-refractivity contribution in [1.82, 2.24) is 18.9 Å². The Morgan fingerprint density at radius 3 is 2.50 bits per heavy atom. The first-order valence-electron chi connectivity index (χ1n) is 5.87. The quantitative estimate of drug-likeness (QED) is 0.854. The van der Waals surface area contributed by atoms with Crippen molar-refractivity contribution in [2.24, 2.45) is 7.05 Å². The van der Waals surface area contributed by atoms with Crippen molar-refractivity contribution in [1.29, 1.82) is 0 Å². The molecule has 0 saturated carbocycles. The van der Waals surface area contributed by atoms with E-state index < -0.39 is 0 Å². The number of hydrogen-bond donors (Lipinski definition) is 0. The molecule has 2 aromatic heterocycles. The summed E-state index contributed by atoms with van der Waals surface area (Å²) in [7, 11) is 1.83. The standard InChI is InChI=1S/C12H17ClN4O/c1-8(2)17-6-5-16(12(17)18)7-10-11(13)9(3)14-15(10)4/h5-6,8H,7H2,1-4H3. The minimum absolute atomic E-state index is 0.0279. The van der Waals surface area contributed by atoms with Crippen molar-refractivity contribution < 1.29 is 0 Å². The molecule has 0 aliphatic carbocycles. The van der Waals surface area contributed by atoms with Crippen LogP contribution in [0.25, 0.3) is 0 Å². The molecule has 0 spiro atoms. The fourth-order valence-corrected chi connectivity index (χ4v) is 2.17. The number of rotatable bonds is 3. The Bertz CT molecular complexity index is 621. The maximum absolute atomic E-state index is 12.1. The van der Waals surface area contributed by atoms with Crippen LogP contribution in [0.5, 0.6) is 0 Å². The van der Waals surface area contributed by atoms with Crippen LogP contribution in [0.3, 0.4) is 0 Å². The Balaban J connectivity index is 2.38. The van der Waals surface area contributed by atoms with Crippen LogP contribution >= 0.6 is 11.6 Å². The van der Waals surface area contributed by atoms with E-state index in [0.717, 1.165) is 11.4 Å². The molecule has 0 amide bonds. The van der Waals surface area contributed by atoms with Gasteiger partial charge in [0.25, 0.3) is 0 Å². The van der Waals surface area contributed by atoms with E-state index in [2.05, 4.69) is 5.10 Å². The summed E-state index contributed by atoms with van der Waals surface area (Å²) >= 11 is 6.18. The normalized spacial score (nSPS) is 11.4. The highest BCUT2D eigenvalue weighted by Crippen LogP contribution is 2.19. The molecule has 2 heterocycles. The molecule has 5 nitrogen and oxygen atoms in total. The van der Waals surface area contributed by atoms with Crippen LogP contribution in [0.4, 0.5) is 0 Å². The van der Waals surface area contributed by atoms with E-state index >= 15 is 0 Å². The third-order valence-corrected chi connectivity index (χ3v) is 3.50. The summed E-state index contributed by atoms with van der Waals surface area (Å²) in [5.41, 5.74) is 1.60. The van der Waals surface area contributed by atoms with Crippen molar-refractivity contribution in [3.8, 4) is 0 Å². The van der Waals surface area contributed by atoms with E-state index in [1.54, 1.807) is 26.2 Å². The molecule has 2 aromatic rings. The molecule has 0 atom stereocenters. The summed E-state index contributed by atoms with van der Waals surface area (Å²) in [5.74, 6) is 0. The second kappa shape index (κ2) is 4.65. The summed E-state index contributed by atoms with van der Waals surface area (Å²) in [6.07, 6.45) is 3.57. The summed E-state index contributed by atoms with van der Waals surface area (Å²) in [6, 6.07) is 0.155. The van der Waals surface area contributed by atoms with E-state index in [9.17, 15) is 4.79 Å². The maximum atomic E-state index is 12.1. The van der Waals surface area contributed by atoms with Gasteiger partial charge in [-0.3, -0.25) is 13.8 Å². The lowest BCUT2D eigenvalue weighted by molar-refractivity contribution is 0.555. The van der Waals surface area contributed by atoms with Gasteiger partial charge in [-0.05, 0) is 20.8 Å². The number of aryl methyl sites for hydroxylation is 2. The SMILES string of the molecule is Cc1nn(C)c(Cn2ccn(C(C)C)c2=O)c1Cl. The highest BCUT2D eigenvalue weighted by molar-refractivity contribution is 6.31.